The van der Waals surface area contributed by atoms with Crippen LogP contribution in [-0.4, -0.2) is 21.8 Å². The van der Waals surface area contributed by atoms with Crippen LogP contribution in [0.4, 0.5) is 0 Å². The summed E-state index contributed by atoms with van der Waals surface area (Å²) in [5.74, 6) is -1.06. The Morgan fingerprint density at radius 3 is 2.20 bits per heavy atom. The third-order valence-corrected chi connectivity index (χ3v) is 1.61. The summed E-state index contributed by atoms with van der Waals surface area (Å²) >= 11 is 16.0. The van der Waals surface area contributed by atoms with Gasteiger partial charge in [0, 0.05) is 12.0 Å². The van der Waals surface area contributed by atoms with Gasteiger partial charge in [-0.2, -0.15) is 0 Å². The number of aliphatic carboxylic acids is 1. The van der Waals surface area contributed by atoms with E-state index in [0.717, 1.165) is 6.08 Å². The Kier molecular flexibility index (Phi) is 4.87. The number of carbonyl (C=O) groups is 1. The molecule has 0 heterocycles. The Morgan fingerprint density at radius 1 is 1.60 bits per heavy atom. The van der Waals surface area contributed by atoms with Gasteiger partial charge in [-0.05, 0) is 5.57 Å². The molecule has 5 heteroatoms. The maximum atomic E-state index is 10.0. The summed E-state index contributed by atoms with van der Waals surface area (Å²) in [5.41, 5.74) is 0.289. The molecule has 2 nitrogen and oxygen atoms in total. The van der Waals surface area contributed by atoms with Gasteiger partial charge in [0.15, 0.2) is 0 Å². The van der Waals surface area contributed by atoms with E-state index in [9.17, 15) is 4.79 Å². The van der Waals surface area contributed by atoms with E-state index in [0.29, 0.717) is 0 Å². The summed E-state index contributed by atoms with van der Waals surface area (Å²) in [4.78, 5) is 9.18. The van der Waals surface area contributed by atoms with E-state index in [4.69, 9.17) is 39.9 Å². The minimum Gasteiger partial charge on any atom is -0.478 e. The van der Waals surface area contributed by atoms with Crippen molar-refractivity contribution < 1.29 is 9.90 Å². The fourth-order valence-electron chi connectivity index (χ4n) is 0.318. The molecule has 0 aliphatic heterocycles. The van der Waals surface area contributed by atoms with Gasteiger partial charge in [0.05, 0.1) is 0 Å². The molecule has 1 N–H and O–H groups in total. The van der Waals surface area contributed by atoms with Crippen LogP contribution in [-0.2, 0) is 4.79 Å². The molecular formula is C5H5Cl3O2. The lowest BCUT2D eigenvalue weighted by atomic mass is 10.3. The zero-order chi connectivity index (χ0) is 8.15. The van der Waals surface area contributed by atoms with Crippen molar-refractivity contribution in [2.45, 2.75) is 4.84 Å². The molecule has 0 bridgehead atoms. The second-order valence-electron chi connectivity index (χ2n) is 1.49. The van der Waals surface area contributed by atoms with Crippen LogP contribution in [0.5, 0.6) is 0 Å². The smallest absolute Gasteiger partial charge is 0.328 e. The predicted octanol–water partition coefficient (Wildman–Crippen LogP) is 2.04. The van der Waals surface area contributed by atoms with Crippen molar-refractivity contribution in [3.05, 3.63) is 11.6 Å². The Morgan fingerprint density at radius 2 is 2.10 bits per heavy atom. The van der Waals surface area contributed by atoms with Crippen LogP contribution in [0.15, 0.2) is 11.6 Å². The number of rotatable bonds is 3. The highest BCUT2D eigenvalue weighted by molar-refractivity contribution is 6.46. The van der Waals surface area contributed by atoms with Crippen LogP contribution in [0.3, 0.4) is 0 Å². The number of carboxylic acid groups (broad SMARTS) is 1. The van der Waals surface area contributed by atoms with Crippen molar-refractivity contribution >= 4 is 40.8 Å². The molecule has 0 rings (SSSR count). The van der Waals surface area contributed by atoms with Crippen LogP contribution < -0.4 is 0 Å². The molecule has 0 unspecified atom stereocenters. The van der Waals surface area contributed by atoms with Gasteiger partial charge in [-0.15, -0.1) is 34.8 Å². The van der Waals surface area contributed by atoms with Crippen molar-refractivity contribution in [3.63, 3.8) is 0 Å². The normalized spacial score (nSPS) is 12.2. The first-order valence-electron chi connectivity index (χ1n) is 2.35. The molecule has 0 saturated heterocycles. The highest BCUT2D eigenvalue weighted by Crippen LogP contribution is 2.15. The maximum Gasteiger partial charge on any atom is 0.328 e. The molecular weight excluding hydrogens is 198 g/mol. The van der Waals surface area contributed by atoms with Crippen molar-refractivity contribution in [1.82, 2.24) is 0 Å². The lowest BCUT2D eigenvalue weighted by Gasteiger charge is -2.00. The van der Waals surface area contributed by atoms with Crippen molar-refractivity contribution in [1.29, 1.82) is 0 Å². The van der Waals surface area contributed by atoms with Crippen LogP contribution in [0.25, 0.3) is 0 Å². The lowest BCUT2D eigenvalue weighted by Crippen LogP contribution is -2.00. The van der Waals surface area contributed by atoms with Gasteiger partial charge in [-0.1, -0.05) is 0 Å². The fraction of sp³-hybridized carbons (Fsp3) is 0.400. The molecule has 0 aliphatic carbocycles. The Bertz CT molecular complexity index is 153. The Hall–Kier alpha value is 0.0800. The molecule has 0 aromatic rings. The Balaban J connectivity index is 4.18. The second-order valence-corrected chi connectivity index (χ2v) is 2.86. The highest BCUT2D eigenvalue weighted by Gasteiger charge is 2.07. The van der Waals surface area contributed by atoms with Crippen LogP contribution >= 0.6 is 34.8 Å². The van der Waals surface area contributed by atoms with E-state index in [-0.39, 0.29) is 11.5 Å². The number of allylic oxidation sites excluding steroid dienone is 1. The summed E-state index contributed by atoms with van der Waals surface area (Å²) in [6, 6.07) is 0. The first-order chi connectivity index (χ1) is 4.57. The van der Waals surface area contributed by atoms with Gasteiger partial charge >= 0.3 is 5.97 Å². The summed E-state index contributed by atoms with van der Waals surface area (Å²) in [6.45, 7) is 0. The summed E-state index contributed by atoms with van der Waals surface area (Å²) < 4.78 is 0. The number of carboxylic acids is 1. The molecule has 10 heavy (non-hydrogen) atoms. The van der Waals surface area contributed by atoms with E-state index >= 15 is 0 Å². The van der Waals surface area contributed by atoms with Gasteiger partial charge < -0.3 is 5.11 Å². The molecule has 0 aromatic heterocycles. The van der Waals surface area contributed by atoms with Crippen LogP contribution in [0.2, 0.25) is 0 Å². The third-order valence-electron chi connectivity index (χ3n) is 0.743. The average Bonchev–Trinajstić information content (AvgIpc) is 1.81. The molecule has 0 atom stereocenters. The molecule has 0 saturated carbocycles. The highest BCUT2D eigenvalue weighted by atomic mass is 35.5. The van der Waals surface area contributed by atoms with E-state index in [1.54, 1.807) is 0 Å². The van der Waals surface area contributed by atoms with E-state index in [2.05, 4.69) is 0 Å². The van der Waals surface area contributed by atoms with E-state index in [1.165, 1.54) is 0 Å². The molecule has 0 aromatic carbocycles. The van der Waals surface area contributed by atoms with Gasteiger partial charge in [0.25, 0.3) is 0 Å². The van der Waals surface area contributed by atoms with Crippen molar-refractivity contribution in [3.8, 4) is 0 Å². The maximum absolute atomic E-state index is 10.0. The quantitative estimate of drug-likeness (QED) is 0.563. The summed E-state index contributed by atoms with van der Waals surface area (Å²) in [5, 5.41) is 8.21. The molecule has 58 valence electrons. The lowest BCUT2D eigenvalue weighted by molar-refractivity contribution is -0.131. The van der Waals surface area contributed by atoms with Gasteiger partial charge in [-0.25, -0.2) is 4.79 Å². The predicted molar refractivity (Wildman–Crippen MR) is 41.9 cm³/mol. The molecule has 0 fully saturated rings. The first kappa shape index (κ1) is 10.1. The van der Waals surface area contributed by atoms with Gasteiger partial charge in [-0.3, -0.25) is 0 Å². The second kappa shape index (κ2) is 4.83. The third kappa shape index (κ3) is 3.99. The number of alkyl halides is 3. The zero-order valence-electron chi connectivity index (χ0n) is 4.85. The molecule has 0 aliphatic rings. The van der Waals surface area contributed by atoms with Crippen molar-refractivity contribution in [2.24, 2.45) is 0 Å². The standard InChI is InChI=1S/C5H5Cl3O2/c6-2-3(5(7)8)1-4(9)10/h1,5H,2H2,(H,9,10)/b3-1-. The number of hydrogen-bond acceptors (Lipinski definition) is 1. The topological polar surface area (TPSA) is 37.3 Å². The minimum absolute atomic E-state index is 0.0317. The van der Waals surface area contributed by atoms with Gasteiger partial charge in [0.1, 0.15) is 4.84 Å². The Labute approximate surface area is 73.4 Å². The minimum atomic E-state index is -1.10. The molecule has 0 spiro atoms. The van der Waals surface area contributed by atoms with E-state index in [1.807, 2.05) is 0 Å². The van der Waals surface area contributed by atoms with Crippen molar-refractivity contribution in [2.75, 3.05) is 5.88 Å². The van der Waals surface area contributed by atoms with Crippen LogP contribution in [0.1, 0.15) is 0 Å². The molecule has 0 radical (unpaired) electrons. The van der Waals surface area contributed by atoms with Crippen LogP contribution in [0, 0.1) is 0 Å². The molecule has 0 amide bonds. The average molecular weight is 203 g/mol. The number of hydrogen-bond donors (Lipinski definition) is 1. The number of halogens is 3. The summed E-state index contributed by atoms with van der Waals surface area (Å²) in [7, 11) is 0. The van der Waals surface area contributed by atoms with Gasteiger partial charge in [0.2, 0.25) is 0 Å². The summed E-state index contributed by atoms with van der Waals surface area (Å²) in [6.07, 6.45) is 0.900. The SMILES string of the molecule is O=C(O)/C=C(/CCl)C(Cl)Cl. The zero-order valence-corrected chi connectivity index (χ0v) is 7.12. The fourth-order valence-corrected chi connectivity index (χ4v) is 0.988. The van der Waals surface area contributed by atoms with E-state index < -0.39 is 10.8 Å². The largest absolute Gasteiger partial charge is 0.478 e. The monoisotopic (exact) mass is 202 g/mol. The first-order valence-corrected chi connectivity index (χ1v) is 3.76.